The minimum Gasteiger partial charge on any atom is -0.489 e. The van der Waals surface area contributed by atoms with Crippen LogP contribution in [0.2, 0.25) is 5.02 Å². The molecule has 2 aromatic rings. The largest absolute Gasteiger partial charge is 0.489 e. The fourth-order valence-corrected chi connectivity index (χ4v) is 3.65. The van der Waals surface area contributed by atoms with Crippen LogP contribution in [0.15, 0.2) is 46.9 Å². The SMILES string of the molecule is Clc1ccc(COc2ccccc2CCCNCC2CNC2)c(Br)c1. The third-order valence-corrected chi connectivity index (χ3v) is 5.44. The first kappa shape index (κ1) is 18.7. The van der Waals surface area contributed by atoms with E-state index in [9.17, 15) is 0 Å². The molecule has 3 rings (SSSR count). The zero-order chi connectivity index (χ0) is 17.5. The second-order valence-corrected chi connectivity index (χ2v) is 7.75. The lowest BCUT2D eigenvalue weighted by atomic mass is 10.0. The van der Waals surface area contributed by atoms with Gasteiger partial charge in [-0.05, 0) is 49.1 Å². The molecule has 1 fully saturated rings. The van der Waals surface area contributed by atoms with Crippen LogP contribution in [0.5, 0.6) is 5.75 Å². The lowest BCUT2D eigenvalue weighted by Gasteiger charge is -2.27. The van der Waals surface area contributed by atoms with Crippen LogP contribution in [-0.4, -0.2) is 26.2 Å². The quantitative estimate of drug-likeness (QED) is 0.586. The Hall–Kier alpha value is -1.07. The van der Waals surface area contributed by atoms with E-state index in [4.69, 9.17) is 16.3 Å². The number of ether oxygens (including phenoxy) is 1. The van der Waals surface area contributed by atoms with Crippen LogP contribution in [0.3, 0.4) is 0 Å². The lowest BCUT2D eigenvalue weighted by Crippen LogP contribution is -2.47. The molecule has 3 nitrogen and oxygen atoms in total. The summed E-state index contributed by atoms with van der Waals surface area (Å²) in [6.45, 7) is 5.01. The van der Waals surface area contributed by atoms with Crippen molar-refractivity contribution < 1.29 is 4.74 Å². The number of aryl methyl sites for hydroxylation is 1. The van der Waals surface area contributed by atoms with Crippen LogP contribution in [-0.2, 0) is 13.0 Å². The summed E-state index contributed by atoms with van der Waals surface area (Å²) in [4.78, 5) is 0. The first-order valence-electron chi connectivity index (χ1n) is 8.78. The molecule has 0 saturated carbocycles. The summed E-state index contributed by atoms with van der Waals surface area (Å²) in [5, 5.41) is 7.57. The highest BCUT2D eigenvalue weighted by Crippen LogP contribution is 2.25. The number of rotatable bonds is 9. The number of benzene rings is 2. The van der Waals surface area contributed by atoms with Gasteiger partial charge in [-0.2, -0.15) is 0 Å². The van der Waals surface area contributed by atoms with Crippen LogP contribution >= 0.6 is 27.5 Å². The number of halogens is 2. The van der Waals surface area contributed by atoms with Gasteiger partial charge in [0.05, 0.1) is 0 Å². The van der Waals surface area contributed by atoms with Crippen LogP contribution in [0.1, 0.15) is 17.5 Å². The van der Waals surface area contributed by atoms with Crippen molar-refractivity contribution in [2.75, 3.05) is 26.2 Å². The first-order chi connectivity index (χ1) is 12.2. The van der Waals surface area contributed by atoms with Crippen molar-refractivity contribution in [2.24, 2.45) is 5.92 Å². The minimum absolute atomic E-state index is 0.529. The Morgan fingerprint density at radius 2 is 2.00 bits per heavy atom. The molecule has 2 aromatic carbocycles. The number of hydrogen-bond donors (Lipinski definition) is 2. The Balaban J connectivity index is 1.48. The van der Waals surface area contributed by atoms with Crippen molar-refractivity contribution in [3.05, 3.63) is 63.1 Å². The summed E-state index contributed by atoms with van der Waals surface area (Å²) >= 11 is 9.54. The molecule has 0 spiro atoms. The predicted octanol–water partition coefficient (Wildman–Crippen LogP) is 4.42. The van der Waals surface area contributed by atoms with E-state index in [0.717, 1.165) is 65.7 Å². The molecule has 5 heteroatoms. The molecule has 0 amide bonds. The number of para-hydroxylation sites is 1. The zero-order valence-corrected chi connectivity index (χ0v) is 16.6. The molecule has 0 aromatic heterocycles. The van der Waals surface area contributed by atoms with E-state index in [-0.39, 0.29) is 0 Å². The Kier molecular flexibility index (Phi) is 7.17. The fourth-order valence-electron chi connectivity index (χ4n) is 2.85. The van der Waals surface area contributed by atoms with Gasteiger partial charge in [0.25, 0.3) is 0 Å². The lowest BCUT2D eigenvalue weighted by molar-refractivity contribution is 0.301. The van der Waals surface area contributed by atoms with E-state index in [1.165, 1.54) is 5.56 Å². The van der Waals surface area contributed by atoms with Gasteiger partial charge in [-0.15, -0.1) is 0 Å². The van der Waals surface area contributed by atoms with Crippen LogP contribution in [0.25, 0.3) is 0 Å². The highest BCUT2D eigenvalue weighted by Gasteiger charge is 2.15. The van der Waals surface area contributed by atoms with Crippen molar-refractivity contribution in [1.82, 2.24) is 10.6 Å². The van der Waals surface area contributed by atoms with Crippen molar-refractivity contribution in [3.8, 4) is 5.75 Å². The van der Waals surface area contributed by atoms with Gasteiger partial charge in [0.15, 0.2) is 0 Å². The maximum absolute atomic E-state index is 6.06. The number of hydrogen-bond acceptors (Lipinski definition) is 3. The molecule has 1 aliphatic rings. The second-order valence-electron chi connectivity index (χ2n) is 6.46. The van der Waals surface area contributed by atoms with Gasteiger partial charge in [-0.25, -0.2) is 0 Å². The average molecular weight is 424 g/mol. The molecule has 1 aliphatic heterocycles. The van der Waals surface area contributed by atoms with Crippen molar-refractivity contribution in [2.45, 2.75) is 19.4 Å². The predicted molar refractivity (Wildman–Crippen MR) is 107 cm³/mol. The Labute approximate surface area is 163 Å². The maximum Gasteiger partial charge on any atom is 0.122 e. The van der Waals surface area contributed by atoms with E-state index in [1.807, 2.05) is 30.3 Å². The average Bonchev–Trinajstić information content (AvgIpc) is 2.56. The van der Waals surface area contributed by atoms with Crippen molar-refractivity contribution >= 4 is 27.5 Å². The zero-order valence-electron chi connectivity index (χ0n) is 14.2. The Bertz CT molecular complexity index is 691. The van der Waals surface area contributed by atoms with Crippen LogP contribution in [0, 0.1) is 5.92 Å². The van der Waals surface area contributed by atoms with Gasteiger partial charge in [0.1, 0.15) is 12.4 Å². The Morgan fingerprint density at radius 3 is 2.76 bits per heavy atom. The molecule has 0 unspecified atom stereocenters. The summed E-state index contributed by atoms with van der Waals surface area (Å²) in [6.07, 6.45) is 2.14. The molecule has 1 heterocycles. The molecule has 0 atom stereocenters. The van der Waals surface area contributed by atoms with Gasteiger partial charge in [0, 0.05) is 34.7 Å². The molecule has 1 saturated heterocycles. The third-order valence-electron chi connectivity index (χ3n) is 4.47. The Morgan fingerprint density at radius 1 is 1.16 bits per heavy atom. The number of nitrogens with one attached hydrogen (secondary N) is 2. The second kappa shape index (κ2) is 9.58. The maximum atomic E-state index is 6.06. The van der Waals surface area contributed by atoms with Crippen molar-refractivity contribution in [3.63, 3.8) is 0 Å². The smallest absolute Gasteiger partial charge is 0.122 e. The topological polar surface area (TPSA) is 33.3 Å². The molecule has 0 bridgehead atoms. The monoisotopic (exact) mass is 422 g/mol. The van der Waals surface area contributed by atoms with E-state index in [1.54, 1.807) is 0 Å². The van der Waals surface area contributed by atoms with Crippen molar-refractivity contribution in [1.29, 1.82) is 0 Å². The van der Waals surface area contributed by atoms with E-state index >= 15 is 0 Å². The summed E-state index contributed by atoms with van der Waals surface area (Å²) in [5.74, 6) is 1.78. The standard InChI is InChI=1S/C20H24BrClN2O/c21-19-10-18(22)8-7-17(19)14-25-20-6-2-1-4-16(20)5-3-9-23-11-15-12-24-13-15/h1-2,4,6-8,10,15,23-24H,3,5,9,11-14H2. The van der Waals surface area contributed by atoms with Crippen LogP contribution in [0.4, 0.5) is 0 Å². The molecule has 2 N–H and O–H groups in total. The highest BCUT2D eigenvalue weighted by molar-refractivity contribution is 9.10. The highest BCUT2D eigenvalue weighted by atomic mass is 79.9. The van der Waals surface area contributed by atoms with Crippen LogP contribution < -0.4 is 15.4 Å². The molecule has 25 heavy (non-hydrogen) atoms. The van der Waals surface area contributed by atoms with Gasteiger partial charge < -0.3 is 15.4 Å². The van der Waals surface area contributed by atoms with Gasteiger partial charge in [-0.1, -0.05) is 51.8 Å². The minimum atomic E-state index is 0.529. The molecule has 0 radical (unpaired) electrons. The normalized spacial score (nSPS) is 14.3. The molecular weight excluding hydrogens is 400 g/mol. The summed E-state index contributed by atoms with van der Waals surface area (Å²) < 4.78 is 7.04. The molecule has 134 valence electrons. The van der Waals surface area contributed by atoms with Gasteiger partial charge >= 0.3 is 0 Å². The first-order valence-corrected chi connectivity index (χ1v) is 9.95. The van der Waals surface area contributed by atoms with Gasteiger partial charge in [-0.3, -0.25) is 0 Å². The summed E-state index contributed by atoms with van der Waals surface area (Å²) in [5.41, 5.74) is 2.36. The summed E-state index contributed by atoms with van der Waals surface area (Å²) in [6, 6.07) is 14.1. The summed E-state index contributed by atoms with van der Waals surface area (Å²) in [7, 11) is 0. The third kappa shape index (κ3) is 5.71. The van der Waals surface area contributed by atoms with E-state index in [2.05, 4.69) is 38.7 Å². The van der Waals surface area contributed by atoms with Gasteiger partial charge in [0.2, 0.25) is 0 Å². The molecular formula is C20H24BrClN2O. The molecule has 0 aliphatic carbocycles. The fraction of sp³-hybridized carbons (Fsp3) is 0.400. The van der Waals surface area contributed by atoms with E-state index in [0.29, 0.717) is 6.61 Å². The van der Waals surface area contributed by atoms with E-state index < -0.39 is 0 Å².